The predicted molar refractivity (Wildman–Crippen MR) is 103 cm³/mol. The van der Waals surface area contributed by atoms with Crippen molar-refractivity contribution < 1.29 is 17.6 Å². The highest BCUT2D eigenvalue weighted by molar-refractivity contribution is 7.91. The molecule has 1 aliphatic heterocycles. The van der Waals surface area contributed by atoms with Gasteiger partial charge in [0.2, 0.25) is 0 Å². The van der Waals surface area contributed by atoms with Gasteiger partial charge in [0, 0.05) is 36.6 Å². The number of rotatable bonds is 2. The molecule has 0 bridgehead atoms. The molecule has 0 radical (unpaired) electrons. The number of amides is 1. The van der Waals surface area contributed by atoms with Gasteiger partial charge in [0.15, 0.2) is 9.84 Å². The van der Waals surface area contributed by atoms with E-state index in [1.165, 1.54) is 23.1 Å². The van der Waals surface area contributed by atoms with E-state index in [9.17, 15) is 17.6 Å². The molecule has 0 aliphatic carbocycles. The fraction of sp³-hybridized carbons (Fsp3) is 0.250. The monoisotopic (exact) mass is 399 g/mol. The molecular weight excluding hydrogens is 381 g/mol. The Morgan fingerprint density at radius 3 is 2.57 bits per heavy atom. The summed E-state index contributed by atoms with van der Waals surface area (Å²) in [7, 11) is -3.58. The van der Waals surface area contributed by atoms with Crippen molar-refractivity contribution in [3.05, 3.63) is 71.8 Å². The molecule has 0 saturated carbocycles. The molecule has 2 aromatic carbocycles. The Balaban J connectivity index is 1.60. The fourth-order valence-corrected chi connectivity index (χ4v) is 5.31. The molecule has 8 heteroatoms. The van der Waals surface area contributed by atoms with Crippen LogP contribution in [0.5, 0.6) is 0 Å². The maximum Gasteiger partial charge on any atom is 0.253 e. The van der Waals surface area contributed by atoms with Crippen LogP contribution < -0.4 is 0 Å². The zero-order chi connectivity index (χ0) is 19.7. The van der Waals surface area contributed by atoms with Gasteiger partial charge in [0.1, 0.15) is 5.82 Å². The lowest BCUT2D eigenvalue weighted by atomic mass is 10.1. The van der Waals surface area contributed by atoms with Crippen molar-refractivity contribution in [2.75, 3.05) is 18.8 Å². The Labute approximate surface area is 162 Å². The minimum atomic E-state index is -3.58. The molecule has 1 aromatic heterocycles. The summed E-state index contributed by atoms with van der Waals surface area (Å²) in [5.41, 5.74) is 1.87. The second-order valence-electron chi connectivity index (χ2n) is 6.72. The van der Waals surface area contributed by atoms with E-state index in [-0.39, 0.29) is 36.7 Å². The molecule has 1 amide bonds. The lowest BCUT2D eigenvalue weighted by molar-refractivity contribution is 0.0766. The third-order valence-corrected chi connectivity index (χ3v) is 7.10. The molecular formula is C20H18FN3O3S. The zero-order valence-electron chi connectivity index (χ0n) is 15.0. The van der Waals surface area contributed by atoms with Crippen LogP contribution in [0.25, 0.3) is 11.0 Å². The number of carbonyl (C=O) groups excluding carboxylic acids is 1. The first-order chi connectivity index (χ1) is 13.5. The third kappa shape index (κ3) is 3.47. The van der Waals surface area contributed by atoms with Crippen LogP contribution in [0.3, 0.4) is 0 Å². The summed E-state index contributed by atoms with van der Waals surface area (Å²) < 4.78 is 39.6. The number of hydrogen-bond donors (Lipinski definition) is 0. The average Bonchev–Trinajstić information content (AvgIpc) is 2.85. The lowest BCUT2D eigenvalue weighted by Gasteiger charge is -2.20. The smallest absolute Gasteiger partial charge is 0.253 e. The molecule has 1 saturated heterocycles. The molecule has 3 aromatic rings. The predicted octanol–water partition coefficient (Wildman–Crippen LogP) is 2.77. The summed E-state index contributed by atoms with van der Waals surface area (Å²) in [5, 5.41) is -0.950. The molecule has 28 heavy (non-hydrogen) atoms. The highest BCUT2D eigenvalue weighted by Crippen LogP contribution is 2.31. The van der Waals surface area contributed by atoms with Gasteiger partial charge >= 0.3 is 0 Å². The van der Waals surface area contributed by atoms with E-state index in [2.05, 4.69) is 9.97 Å². The molecule has 0 spiro atoms. The van der Waals surface area contributed by atoms with Crippen LogP contribution in [0.4, 0.5) is 4.39 Å². The normalized spacial score (nSPS) is 19.3. The van der Waals surface area contributed by atoms with Crippen LogP contribution in [-0.4, -0.2) is 48.0 Å². The van der Waals surface area contributed by atoms with Gasteiger partial charge in [-0.2, -0.15) is 0 Å². The largest absolute Gasteiger partial charge is 0.338 e. The minimum Gasteiger partial charge on any atom is -0.338 e. The summed E-state index contributed by atoms with van der Waals surface area (Å²) >= 11 is 0. The first-order valence-corrected chi connectivity index (χ1v) is 10.6. The first kappa shape index (κ1) is 18.5. The third-order valence-electron chi connectivity index (χ3n) is 5.00. The van der Waals surface area contributed by atoms with Gasteiger partial charge in [-0.1, -0.05) is 18.2 Å². The maximum absolute atomic E-state index is 14.2. The van der Waals surface area contributed by atoms with Gasteiger partial charge in [-0.3, -0.25) is 14.8 Å². The van der Waals surface area contributed by atoms with Crippen LogP contribution in [-0.2, 0) is 9.84 Å². The summed E-state index contributed by atoms with van der Waals surface area (Å²) in [6.45, 7) is 0.306. The summed E-state index contributed by atoms with van der Waals surface area (Å²) in [5.74, 6) is -1.01. The topological polar surface area (TPSA) is 80.2 Å². The van der Waals surface area contributed by atoms with Crippen LogP contribution in [0.2, 0.25) is 0 Å². The van der Waals surface area contributed by atoms with E-state index < -0.39 is 20.9 Å². The SMILES string of the molecule is O=C(c1ccc2nccnc2c1)N1CCC(c2ccccc2F)S(=O)(=O)CC1. The molecule has 0 N–H and O–H groups in total. The number of sulfone groups is 1. The number of benzene rings is 2. The highest BCUT2D eigenvalue weighted by atomic mass is 32.2. The van der Waals surface area contributed by atoms with Gasteiger partial charge in [-0.15, -0.1) is 0 Å². The molecule has 4 rings (SSSR count). The fourth-order valence-electron chi connectivity index (χ4n) is 3.51. The van der Waals surface area contributed by atoms with Crippen LogP contribution in [0.15, 0.2) is 54.9 Å². The minimum absolute atomic E-state index is 0.0740. The van der Waals surface area contributed by atoms with Gasteiger partial charge in [-0.25, -0.2) is 12.8 Å². The molecule has 1 fully saturated rings. The van der Waals surface area contributed by atoms with Crippen molar-refractivity contribution in [1.29, 1.82) is 0 Å². The van der Waals surface area contributed by atoms with Crippen molar-refractivity contribution in [2.24, 2.45) is 0 Å². The van der Waals surface area contributed by atoms with E-state index >= 15 is 0 Å². The quantitative estimate of drug-likeness (QED) is 0.662. The first-order valence-electron chi connectivity index (χ1n) is 8.92. The Kier molecular flexibility index (Phi) is 4.80. The molecule has 2 heterocycles. The number of aromatic nitrogens is 2. The van der Waals surface area contributed by atoms with E-state index in [0.29, 0.717) is 16.6 Å². The van der Waals surface area contributed by atoms with Gasteiger partial charge in [0.25, 0.3) is 5.91 Å². The molecule has 1 unspecified atom stereocenters. The summed E-state index contributed by atoms with van der Waals surface area (Å²) in [6.07, 6.45) is 3.28. The van der Waals surface area contributed by atoms with E-state index in [1.807, 2.05) is 0 Å². The Bertz CT molecular complexity index is 1150. The van der Waals surface area contributed by atoms with E-state index in [4.69, 9.17) is 0 Å². The summed E-state index contributed by atoms with van der Waals surface area (Å²) in [4.78, 5) is 22.8. The van der Waals surface area contributed by atoms with Crippen molar-refractivity contribution >= 4 is 26.8 Å². The number of fused-ring (bicyclic) bond motifs is 1. The lowest BCUT2D eigenvalue weighted by Crippen LogP contribution is -2.33. The number of nitrogens with zero attached hydrogens (tertiary/aromatic N) is 3. The molecule has 144 valence electrons. The number of halogens is 1. The van der Waals surface area contributed by atoms with Gasteiger partial charge < -0.3 is 4.90 Å². The Morgan fingerprint density at radius 2 is 1.79 bits per heavy atom. The average molecular weight is 399 g/mol. The Morgan fingerprint density at radius 1 is 1.04 bits per heavy atom. The van der Waals surface area contributed by atoms with Crippen molar-refractivity contribution in [3.8, 4) is 0 Å². The van der Waals surface area contributed by atoms with Gasteiger partial charge in [-0.05, 0) is 30.7 Å². The Hall–Kier alpha value is -2.87. The number of hydrogen-bond acceptors (Lipinski definition) is 5. The second kappa shape index (κ2) is 7.27. The van der Waals surface area contributed by atoms with Crippen molar-refractivity contribution in [3.63, 3.8) is 0 Å². The van der Waals surface area contributed by atoms with E-state index in [1.54, 1.807) is 36.7 Å². The van der Waals surface area contributed by atoms with Gasteiger partial charge in [0.05, 0.1) is 22.0 Å². The molecule has 1 aliphatic rings. The van der Waals surface area contributed by atoms with E-state index in [0.717, 1.165) is 0 Å². The van der Waals surface area contributed by atoms with Crippen LogP contribution in [0.1, 0.15) is 27.6 Å². The number of carbonyl (C=O) groups is 1. The summed E-state index contributed by atoms with van der Waals surface area (Å²) in [6, 6.07) is 10.9. The maximum atomic E-state index is 14.2. The second-order valence-corrected chi connectivity index (χ2v) is 9.02. The van der Waals surface area contributed by atoms with Crippen molar-refractivity contribution in [2.45, 2.75) is 11.7 Å². The van der Waals surface area contributed by atoms with Crippen LogP contribution in [0, 0.1) is 5.82 Å². The van der Waals surface area contributed by atoms with Crippen LogP contribution >= 0.6 is 0 Å². The molecule has 6 nitrogen and oxygen atoms in total. The molecule has 1 atom stereocenters. The standard InChI is InChI=1S/C20H18FN3O3S/c21-16-4-2-1-3-15(16)19-7-10-24(11-12-28(19,26)27)20(25)14-5-6-17-18(13-14)23-9-8-22-17/h1-6,8-9,13,19H,7,10-12H2. The zero-order valence-corrected chi connectivity index (χ0v) is 15.8. The van der Waals surface area contributed by atoms with Crippen molar-refractivity contribution in [1.82, 2.24) is 14.9 Å². The highest BCUT2D eigenvalue weighted by Gasteiger charge is 2.34.